The van der Waals surface area contributed by atoms with Crippen molar-refractivity contribution in [2.45, 2.75) is 32.8 Å². The fourth-order valence-electron chi connectivity index (χ4n) is 2.28. The first kappa shape index (κ1) is 18.2. The van der Waals surface area contributed by atoms with Gasteiger partial charge in [-0.1, -0.05) is 13.8 Å². The molecule has 2 N–H and O–H groups in total. The van der Waals surface area contributed by atoms with Crippen molar-refractivity contribution in [1.82, 2.24) is 14.9 Å². The summed E-state index contributed by atoms with van der Waals surface area (Å²) in [6.45, 7) is 6.55. The number of hydrogen-bond acceptors (Lipinski definition) is 4. The van der Waals surface area contributed by atoms with E-state index < -0.39 is 10.0 Å². The molecule has 1 rings (SSSR count). The van der Waals surface area contributed by atoms with E-state index in [4.69, 9.17) is 4.74 Å². The van der Waals surface area contributed by atoms with E-state index in [1.165, 1.54) is 4.31 Å². The van der Waals surface area contributed by atoms with Crippen LogP contribution in [0.4, 0.5) is 0 Å². The van der Waals surface area contributed by atoms with Gasteiger partial charge in [-0.25, -0.2) is 12.7 Å². The highest BCUT2D eigenvalue weighted by atomic mass is 32.2. The number of aliphatic imine (C=N–C) groups is 1. The molecule has 0 aromatic carbocycles. The predicted molar refractivity (Wildman–Crippen MR) is 85.0 cm³/mol. The number of nitrogens with one attached hydrogen (secondary N) is 2. The largest absolute Gasteiger partial charge is 0.376 e. The molecule has 0 radical (unpaired) electrons. The van der Waals surface area contributed by atoms with E-state index in [2.05, 4.69) is 15.6 Å². The summed E-state index contributed by atoms with van der Waals surface area (Å²) in [5.41, 5.74) is 0. The standard InChI is InChI=1S/C13H28N4O3S/c1-4-17(5-2)21(18,19)10-8-15-13(14-3)16-11-12-7-6-9-20-12/h12H,4-11H2,1-3H3,(H2,14,15,16). The minimum Gasteiger partial charge on any atom is -0.376 e. The molecule has 1 atom stereocenters. The van der Waals surface area contributed by atoms with Crippen LogP contribution in [0, 0.1) is 0 Å². The van der Waals surface area contributed by atoms with Crippen molar-refractivity contribution in [1.29, 1.82) is 0 Å². The van der Waals surface area contributed by atoms with Gasteiger partial charge in [-0.2, -0.15) is 0 Å². The first-order valence-corrected chi connectivity index (χ1v) is 9.18. The molecule has 1 unspecified atom stereocenters. The maximum Gasteiger partial charge on any atom is 0.215 e. The Kier molecular flexibility index (Phi) is 7.98. The van der Waals surface area contributed by atoms with Crippen LogP contribution in [0.25, 0.3) is 0 Å². The van der Waals surface area contributed by atoms with Crippen molar-refractivity contribution in [3.63, 3.8) is 0 Å². The highest BCUT2D eigenvalue weighted by molar-refractivity contribution is 7.89. The summed E-state index contributed by atoms with van der Waals surface area (Å²) in [6, 6.07) is 0. The van der Waals surface area contributed by atoms with E-state index in [1.54, 1.807) is 7.05 Å². The molecular formula is C13H28N4O3S. The van der Waals surface area contributed by atoms with E-state index in [0.717, 1.165) is 19.4 Å². The first-order valence-electron chi connectivity index (χ1n) is 7.57. The summed E-state index contributed by atoms with van der Waals surface area (Å²) in [5.74, 6) is 0.676. The van der Waals surface area contributed by atoms with Crippen LogP contribution in [0.5, 0.6) is 0 Å². The number of guanidine groups is 1. The van der Waals surface area contributed by atoms with Crippen LogP contribution in [0.2, 0.25) is 0 Å². The van der Waals surface area contributed by atoms with E-state index in [0.29, 0.717) is 32.1 Å². The molecule has 0 aliphatic carbocycles. The highest BCUT2D eigenvalue weighted by Gasteiger charge is 2.19. The summed E-state index contributed by atoms with van der Waals surface area (Å²) in [5, 5.41) is 6.19. The molecule has 1 saturated heterocycles. The van der Waals surface area contributed by atoms with Crippen molar-refractivity contribution in [3.8, 4) is 0 Å². The van der Waals surface area contributed by atoms with Gasteiger partial charge in [0.1, 0.15) is 0 Å². The van der Waals surface area contributed by atoms with Crippen LogP contribution >= 0.6 is 0 Å². The van der Waals surface area contributed by atoms with Gasteiger partial charge in [-0.05, 0) is 12.8 Å². The molecule has 0 aromatic heterocycles. The van der Waals surface area contributed by atoms with E-state index >= 15 is 0 Å². The second-order valence-electron chi connectivity index (χ2n) is 4.92. The minimum absolute atomic E-state index is 0.0648. The maximum atomic E-state index is 12.0. The molecule has 0 bridgehead atoms. The molecule has 1 aliphatic rings. The Morgan fingerprint density at radius 2 is 2.05 bits per heavy atom. The first-order chi connectivity index (χ1) is 10.0. The normalized spacial score (nSPS) is 20.0. The van der Waals surface area contributed by atoms with Gasteiger partial charge in [0.25, 0.3) is 0 Å². The molecule has 1 aliphatic heterocycles. The molecule has 1 heterocycles. The molecule has 21 heavy (non-hydrogen) atoms. The zero-order valence-electron chi connectivity index (χ0n) is 13.3. The van der Waals surface area contributed by atoms with Gasteiger partial charge < -0.3 is 15.4 Å². The van der Waals surface area contributed by atoms with Crippen LogP contribution in [0.1, 0.15) is 26.7 Å². The highest BCUT2D eigenvalue weighted by Crippen LogP contribution is 2.10. The van der Waals surface area contributed by atoms with Crippen molar-refractivity contribution in [2.75, 3.05) is 45.6 Å². The average Bonchev–Trinajstić information content (AvgIpc) is 2.96. The summed E-state index contributed by atoms with van der Waals surface area (Å²) in [6.07, 6.45) is 2.38. The van der Waals surface area contributed by atoms with Gasteiger partial charge in [-0.3, -0.25) is 4.99 Å². The SMILES string of the molecule is CCN(CC)S(=O)(=O)CCNC(=NC)NCC1CCCO1. The second kappa shape index (κ2) is 9.22. The van der Waals surface area contributed by atoms with Crippen molar-refractivity contribution >= 4 is 16.0 Å². The average molecular weight is 320 g/mol. The van der Waals surface area contributed by atoms with Gasteiger partial charge in [0.2, 0.25) is 10.0 Å². The van der Waals surface area contributed by atoms with E-state index in [9.17, 15) is 8.42 Å². The fraction of sp³-hybridized carbons (Fsp3) is 0.923. The van der Waals surface area contributed by atoms with Crippen molar-refractivity contribution < 1.29 is 13.2 Å². The number of sulfonamides is 1. The van der Waals surface area contributed by atoms with Crippen LogP contribution in [0.15, 0.2) is 4.99 Å². The van der Waals surface area contributed by atoms with Crippen molar-refractivity contribution in [2.24, 2.45) is 4.99 Å². The van der Waals surface area contributed by atoms with Crippen molar-refractivity contribution in [3.05, 3.63) is 0 Å². The Morgan fingerprint density at radius 3 is 2.57 bits per heavy atom. The predicted octanol–water partition coefficient (Wildman–Crippen LogP) is 0.00200. The molecule has 8 heteroatoms. The third-order valence-electron chi connectivity index (χ3n) is 3.50. The Labute approximate surface area is 128 Å². The molecule has 0 aromatic rings. The second-order valence-corrected chi connectivity index (χ2v) is 7.00. The maximum absolute atomic E-state index is 12.0. The van der Waals surface area contributed by atoms with E-state index in [-0.39, 0.29) is 11.9 Å². The van der Waals surface area contributed by atoms with Crippen LogP contribution in [0.3, 0.4) is 0 Å². The molecule has 0 saturated carbocycles. The summed E-state index contributed by atoms with van der Waals surface area (Å²) < 4.78 is 31.1. The molecule has 0 spiro atoms. The zero-order chi connectivity index (χ0) is 15.7. The lowest BCUT2D eigenvalue weighted by Gasteiger charge is -2.19. The number of hydrogen-bond donors (Lipinski definition) is 2. The summed E-state index contributed by atoms with van der Waals surface area (Å²) in [7, 11) is -1.52. The van der Waals surface area contributed by atoms with Gasteiger partial charge in [0.05, 0.1) is 11.9 Å². The monoisotopic (exact) mass is 320 g/mol. The van der Waals surface area contributed by atoms with Gasteiger partial charge >= 0.3 is 0 Å². The van der Waals surface area contributed by atoms with Crippen LogP contribution < -0.4 is 10.6 Å². The quantitative estimate of drug-likeness (QED) is 0.486. The molecular weight excluding hydrogens is 292 g/mol. The lowest BCUT2D eigenvalue weighted by Crippen LogP contribution is -2.44. The molecule has 1 fully saturated rings. The lowest BCUT2D eigenvalue weighted by molar-refractivity contribution is 0.114. The number of ether oxygens (including phenoxy) is 1. The Bertz CT molecular complexity index is 415. The third kappa shape index (κ3) is 6.19. The summed E-state index contributed by atoms with van der Waals surface area (Å²) in [4.78, 5) is 4.08. The van der Waals surface area contributed by atoms with Gasteiger partial charge in [0.15, 0.2) is 5.96 Å². The lowest BCUT2D eigenvalue weighted by atomic mass is 10.2. The zero-order valence-corrected chi connectivity index (χ0v) is 14.1. The van der Waals surface area contributed by atoms with Gasteiger partial charge in [0, 0.05) is 39.8 Å². The third-order valence-corrected chi connectivity index (χ3v) is 5.52. The minimum atomic E-state index is -3.19. The Morgan fingerprint density at radius 1 is 1.33 bits per heavy atom. The Balaban J connectivity index is 2.31. The molecule has 7 nitrogen and oxygen atoms in total. The van der Waals surface area contributed by atoms with Crippen LogP contribution in [-0.2, 0) is 14.8 Å². The fourth-order valence-corrected chi connectivity index (χ4v) is 3.69. The number of rotatable bonds is 8. The smallest absolute Gasteiger partial charge is 0.215 e. The molecule has 0 amide bonds. The number of nitrogens with zero attached hydrogens (tertiary/aromatic N) is 2. The van der Waals surface area contributed by atoms with E-state index in [1.807, 2.05) is 13.8 Å². The molecule has 124 valence electrons. The summed E-state index contributed by atoms with van der Waals surface area (Å²) >= 11 is 0. The van der Waals surface area contributed by atoms with Crippen LogP contribution in [-0.4, -0.2) is 70.4 Å². The topological polar surface area (TPSA) is 83.0 Å². The van der Waals surface area contributed by atoms with Gasteiger partial charge in [-0.15, -0.1) is 0 Å². The Hall–Kier alpha value is -0.860.